The predicted molar refractivity (Wildman–Crippen MR) is 60.3 cm³/mol. The van der Waals surface area contributed by atoms with Crippen LogP contribution in [-0.2, 0) is 0 Å². The molecule has 0 aliphatic carbocycles. The van der Waals surface area contributed by atoms with Crippen LogP contribution in [0.2, 0.25) is 0 Å². The Kier molecular flexibility index (Phi) is 1.56. The molecule has 0 saturated heterocycles. The zero-order valence-corrected chi connectivity index (χ0v) is 7.99. The normalized spacial score (nSPS) is 10.9. The van der Waals surface area contributed by atoms with Crippen molar-refractivity contribution >= 4 is 16.6 Å². The minimum atomic E-state index is 0.740. The molecule has 0 spiro atoms. The molecular formula is C11H10N4. The van der Waals surface area contributed by atoms with E-state index in [1.54, 1.807) is 0 Å². The van der Waals surface area contributed by atoms with E-state index < -0.39 is 0 Å². The van der Waals surface area contributed by atoms with Gasteiger partial charge in [0, 0.05) is 17.3 Å². The summed E-state index contributed by atoms with van der Waals surface area (Å²) in [4.78, 5) is 3.13. The Bertz CT molecular complexity index is 592. The lowest BCUT2D eigenvalue weighted by molar-refractivity contribution is 1.12. The van der Waals surface area contributed by atoms with Crippen LogP contribution >= 0.6 is 0 Å². The second-order valence-corrected chi connectivity index (χ2v) is 3.46. The lowest BCUT2D eigenvalue weighted by Crippen LogP contribution is -1.82. The Morgan fingerprint density at radius 2 is 2.13 bits per heavy atom. The Morgan fingerprint density at radius 1 is 1.20 bits per heavy atom. The van der Waals surface area contributed by atoms with Crippen molar-refractivity contribution in [1.29, 1.82) is 0 Å². The van der Waals surface area contributed by atoms with Gasteiger partial charge in [0.1, 0.15) is 5.69 Å². The fourth-order valence-electron chi connectivity index (χ4n) is 1.72. The van der Waals surface area contributed by atoms with Gasteiger partial charge in [-0.1, -0.05) is 0 Å². The van der Waals surface area contributed by atoms with Gasteiger partial charge in [0.25, 0.3) is 0 Å². The van der Waals surface area contributed by atoms with E-state index in [1.807, 2.05) is 36.5 Å². The Morgan fingerprint density at radius 3 is 2.93 bits per heavy atom. The first-order chi connectivity index (χ1) is 7.34. The van der Waals surface area contributed by atoms with Gasteiger partial charge in [0.15, 0.2) is 0 Å². The molecule has 2 heterocycles. The third-order valence-corrected chi connectivity index (χ3v) is 2.44. The smallest absolute Gasteiger partial charge is 0.116 e. The molecule has 0 aliphatic rings. The van der Waals surface area contributed by atoms with Crippen LogP contribution in [0.5, 0.6) is 0 Å². The summed E-state index contributed by atoms with van der Waals surface area (Å²) >= 11 is 0. The first-order valence-corrected chi connectivity index (χ1v) is 4.72. The van der Waals surface area contributed by atoms with E-state index in [4.69, 9.17) is 5.73 Å². The molecule has 74 valence electrons. The van der Waals surface area contributed by atoms with E-state index in [0.29, 0.717) is 0 Å². The third kappa shape index (κ3) is 1.19. The number of nitrogens with zero attached hydrogens (tertiary/aromatic N) is 1. The van der Waals surface area contributed by atoms with Gasteiger partial charge in [-0.2, -0.15) is 5.10 Å². The van der Waals surface area contributed by atoms with Gasteiger partial charge >= 0.3 is 0 Å². The molecule has 4 N–H and O–H groups in total. The number of H-pyrrole nitrogens is 2. The van der Waals surface area contributed by atoms with Crippen LogP contribution in [0.25, 0.3) is 22.3 Å². The molecule has 0 atom stereocenters. The largest absolute Gasteiger partial charge is 0.399 e. The number of fused-ring (bicyclic) bond motifs is 1. The molecule has 2 aromatic heterocycles. The van der Waals surface area contributed by atoms with E-state index in [0.717, 1.165) is 28.0 Å². The number of nitrogens with one attached hydrogen (secondary N) is 2. The SMILES string of the molecule is Nc1ccc2c(-c3ccc[nH]3)n[nH]c2c1. The topological polar surface area (TPSA) is 70.5 Å². The summed E-state index contributed by atoms with van der Waals surface area (Å²) in [5.74, 6) is 0. The lowest BCUT2D eigenvalue weighted by atomic mass is 10.1. The molecule has 0 fully saturated rings. The van der Waals surface area contributed by atoms with Gasteiger partial charge in [-0.3, -0.25) is 5.10 Å². The van der Waals surface area contributed by atoms with Crippen LogP contribution in [0.15, 0.2) is 36.5 Å². The first kappa shape index (κ1) is 8.11. The summed E-state index contributed by atoms with van der Waals surface area (Å²) < 4.78 is 0. The summed E-state index contributed by atoms with van der Waals surface area (Å²) in [5, 5.41) is 8.31. The highest BCUT2D eigenvalue weighted by Crippen LogP contribution is 2.25. The van der Waals surface area contributed by atoms with Crippen LogP contribution in [0.4, 0.5) is 5.69 Å². The molecule has 0 aliphatic heterocycles. The monoisotopic (exact) mass is 198 g/mol. The van der Waals surface area contributed by atoms with Gasteiger partial charge in [-0.15, -0.1) is 0 Å². The zero-order valence-electron chi connectivity index (χ0n) is 7.99. The van der Waals surface area contributed by atoms with E-state index in [1.165, 1.54) is 0 Å². The van der Waals surface area contributed by atoms with Crippen LogP contribution in [-0.4, -0.2) is 15.2 Å². The molecule has 3 aromatic rings. The van der Waals surface area contributed by atoms with Crippen molar-refractivity contribution in [2.75, 3.05) is 5.73 Å². The van der Waals surface area contributed by atoms with E-state index in [2.05, 4.69) is 15.2 Å². The molecule has 3 rings (SSSR count). The van der Waals surface area contributed by atoms with Gasteiger partial charge in [-0.25, -0.2) is 0 Å². The molecule has 15 heavy (non-hydrogen) atoms. The maximum atomic E-state index is 5.70. The third-order valence-electron chi connectivity index (χ3n) is 2.44. The van der Waals surface area contributed by atoms with Crippen molar-refractivity contribution in [2.24, 2.45) is 0 Å². The van der Waals surface area contributed by atoms with Gasteiger partial charge in [0.05, 0.1) is 11.2 Å². The van der Waals surface area contributed by atoms with Crippen LogP contribution in [0.3, 0.4) is 0 Å². The van der Waals surface area contributed by atoms with E-state index in [-0.39, 0.29) is 0 Å². The Labute approximate surface area is 86.1 Å². The first-order valence-electron chi connectivity index (χ1n) is 4.72. The summed E-state index contributed by atoms with van der Waals surface area (Å²) in [6.45, 7) is 0. The minimum Gasteiger partial charge on any atom is -0.399 e. The predicted octanol–water partition coefficient (Wildman–Crippen LogP) is 2.14. The number of nitrogens with two attached hydrogens (primary N) is 1. The number of nitrogen functional groups attached to an aromatic ring is 1. The quantitative estimate of drug-likeness (QED) is 0.524. The number of aromatic nitrogens is 3. The number of hydrogen-bond acceptors (Lipinski definition) is 2. The van der Waals surface area contributed by atoms with Crippen molar-refractivity contribution in [3.05, 3.63) is 36.5 Å². The average Bonchev–Trinajstić information content (AvgIpc) is 2.82. The van der Waals surface area contributed by atoms with Crippen LogP contribution in [0.1, 0.15) is 0 Å². The standard InChI is InChI=1S/C11H10N4/c12-7-3-4-8-10(6-7)14-15-11(8)9-2-1-5-13-9/h1-6,13H,12H2,(H,14,15). The van der Waals surface area contributed by atoms with Gasteiger partial charge < -0.3 is 10.7 Å². The van der Waals surface area contributed by atoms with Crippen molar-refractivity contribution in [1.82, 2.24) is 15.2 Å². The number of benzene rings is 1. The zero-order chi connectivity index (χ0) is 10.3. The molecule has 0 amide bonds. The molecule has 1 aromatic carbocycles. The lowest BCUT2D eigenvalue weighted by Gasteiger charge is -1.94. The Hall–Kier alpha value is -2.23. The molecule has 0 radical (unpaired) electrons. The molecular weight excluding hydrogens is 188 g/mol. The van der Waals surface area contributed by atoms with Gasteiger partial charge in [0.2, 0.25) is 0 Å². The minimum absolute atomic E-state index is 0.740. The van der Waals surface area contributed by atoms with Crippen LogP contribution < -0.4 is 5.73 Å². The van der Waals surface area contributed by atoms with Crippen molar-refractivity contribution in [3.63, 3.8) is 0 Å². The van der Waals surface area contributed by atoms with Crippen molar-refractivity contribution in [2.45, 2.75) is 0 Å². The second-order valence-electron chi connectivity index (χ2n) is 3.46. The van der Waals surface area contributed by atoms with E-state index in [9.17, 15) is 0 Å². The Balaban J connectivity index is 2.29. The number of aromatic amines is 2. The highest BCUT2D eigenvalue weighted by molar-refractivity contribution is 5.93. The molecule has 0 unspecified atom stereocenters. The summed E-state index contributed by atoms with van der Waals surface area (Å²) in [7, 11) is 0. The van der Waals surface area contributed by atoms with Crippen molar-refractivity contribution in [3.8, 4) is 11.4 Å². The molecule has 0 bridgehead atoms. The summed E-state index contributed by atoms with van der Waals surface area (Å²) in [6, 6.07) is 9.68. The van der Waals surface area contributed by atoms with Gasteiger partial charge in [-0.05, 0) is 30.3 Å². The van der Waals surface area contributed by atoms with E-state index >= 15 is 0 Å². The van der Waals surface area contributed by atoms with Crippen LogP contribution in [0, 0.1) is 0 Å². The highest BCUT2D eigenvalue weighted by atomic mass is 15.1. The molecule has 0 saturated carbocycles. The second kappa shape index (κ2) is 2.88. The molecule has 4 heteroatoms. The summed E-state index contributed by atoms with van der Waals surface area (Å²) in [5.41, 5.74) is 9.33. The number of rotatable bonds is 1. The maximum Gasteiger partial charge on any atom is 0.116 e. The number of anilines is 1. The molecule has 4 nitrogen and oxygen atoms in total. The maximum absolute atomic E-state index is 5.70. The highest BCUT2D eigenvalue weighted by Gasteiger charge is 2.07. The fourth-order valence-corrected chi connectivity index (χ4v) is 1.72. The summed E-state index contributed by atoms with van der Waals surface area (Å²) in [6.07, 6.45) is 1.88. The fraction of sp³-hybridized carbons (Fsp3) is 0. The number of hydrogen-bond donors (Lipinski definition) is 3. The van der Waals surface area contributed by atoms with Crippen molar-refractivity contribution < 1.29 is 0 Å². The average molecular weight is 198 g/mol.